The summed E-state index contributed by atoms with van der Waals surface area (Å²) in [5, 5.41) is 2.85. The quantitative estimate of drug-likeness (QED) is 0.880. The van der Waals surface area contributed by atoms with Crippen LogP contribution < -0.4 is 10.1 Å². The molecule has 0 aliphatic carbocycles. The number of ether oxygens (including phenoxy) is 1. The first-order valence-electron chi connectivity index (χ1n) is 7.53. The van der Waals surface area contributed by atoms with Gasteiger partial charge in [-0.2, -0.15) is 0 Å². The summed E-state index contributed by atoms with van der Waals surface area (Å²) < 4.78 is 5.75. The summed E-state index contributed by atoms with van der Waals surface area (Å²) in [5.41, 5.74) is 1.62. The Hall–Kier alpha value is -2.82. The Bertz CT molecular complexity index is 681. The maximum atomic E-state index is 12.1. The van der Waals surface area contributed by atoms with Gasteiger partial charge in [0.25, 0.3) is 0 Å². The van der Waals surface area contributed by atoms with E-state index in [9.17, 15) is 4.79 Å². The molecule has 0 saturated carbocycles. The van der Waals surface area contributed by atoms with Crippen molar-refractivity contribution in [3.05, 3.63) is 60.6 Å². The summed E-state index contributed by atoms with van der Waals surface area (Å²) in [6, 6.07) is 10.8. The fourth-order valence-corrected chi connectivity index (χ4v) is 2.02. The molecule has 1 N–H and O–H groups in total. The van der Waals surface area contributed by atoms with E-state index in [-0.39, 0.29) is 6.03 Å². The van der Waals surface area contributed by atoms with E-state index in [1.54, 1.807) is 23.4 Å². The van der Waals surface area contributed by atoms with Crippen molar-refractivity contribution in [3.8, 4) is 11.5 Å². The molecule has 23 heavy (non-hydrogen) atoms. The molecule has 0 spiro atoms. The van der Waals surface area contributed by atoms with Crippen LogP contribution in [0.5, 0.6) is 11.5 Å². The number of pyridine rings is 1. The second kappa shape index (κ2) is 7.98. The van der Waals surface area contributed by atoms with Gasteiger partial charge in [-0.25, -0.2) is 4.79 Å². The van der Waals surface area contributed by atoms with Crippen LogP contribution in [0.1, 0.15) is 19.5 Å². The summed E-state index contributed by atoms with van der Waals surface area (Å²) >= 11 is 0. The van der Waals surface area contributed by atoms with E-state index in [0.717, 1.165) is 17.1 Å². The Labute approximate surface area is 136 Å². The van der Waals surface area contributed by atoms with Gasteiger partial charge in [0, 0.05) is 36.4 Å². The fraction of sp³-hybridized carbons (Fsp3) is 0.222. The summed E-state index contributed by atoms with van der Waals surface area (Å²) in [4.78, 5) is 17.8. The topological polar surface area (TPSA) is 54.5 Å². The van der Waals surface area contributed by atoms with Crippen LogP contribution in [0.2, 0.25) is 0 Å². The highest BCUT2D eigenvalue weighted by atomic mass is 16.5. The van der Waals surface area contributed by atoms with Crippen LogP contribution in [-0.4, -0.2) is 22.5 Å². The van der Waals surface area contributed by atoms with Crippen LogP contribution in [0, 0.1) is 6.92 Å². The number of benzene rings is 1. The van der Waals surface area contributed by atoms with Crippen molar-refractivity contribution in [2.75, 3.05) is 11.9 Å². The molecule has 120 valence electrons. The van der Waals surface area contributed by atoms with Gasteiger partial charge in [-0.1, -0.05) is 6.08 Å². The van der Waals surface area contributed by atoms with Gasteiger partial charge in [-0.3, -0.25) is 4.98 Å². The highest BCUT2D eigenvalue weighted by Crippen LogP contribution is 2.23. The first-order chi connectivity index (χ1) is 11.1. The summed E-state index contributed by atoms with van der Waals surface area (Å²) in [6.45, 7) is 6.32. The van der Waals surface area contributed by atoms with Crippen molar-refractivity contribution in [1.29, 1.82) is 0 Å². The van der Waals surface area contributed by atoms with Gasteiger partial charge in [0.1, 0.15) is 11.5 Å². The molecule has 0 aliphatic heterocycles. The number of urea groups is 1. The number of nitrogens with zero attached hydrogens (tertiary/aromatic N) is 2. The third kappa shape index (κ3) is 4.85. The minimum Gasteiger partial charge on any atom is -0.457 e. The molecule has 2 amide bonds. The van der Waals surface area contributed by atoms with E-state index in [1.807, 2.05) is 57.2 Å². The van der Waals surface area contributed by atoms with E-state index in [2.05, 4.69) is 10.3 Å². The Balaban J connectivity index is 2.00. The zero-order valence-electron chi connectivity index (χ0n) is 13.6. The van der Waals surface area contributed by atoms with Gasteiger partial charge >= 0.3 is 6.03 Å². The van der Waals surface area contributed by atoms with Gasteiger partial charge in [0.05, 0.1) is 0 Å². The molecule has 5 heteroatoms. The van der Waals surface area contributed by atoms with Gasteiger partial charge < -0.3 is 15.0 Å². The number of rotatable bonds is 5. The smallest absolute Gasteiger partial charge is 0.325 e. The number of anilines is 1. The van der Waals surface area contributed by atoms with E-state index < -0.39 is 0 Å². The van der Waals surface area contributed by atoms with Crippen molar-refractivity contribution < 1.29 is 9.53 Å². The maximum absolute atomic E-state index is 12.1. The third-order valence-electron chi connectivity index (χ3n) is 3.14. The molecular weight excluding hydrogens is 290 g/mol. The number of carbonyl (C=O) groups is 1. The molecule has 0 bridgehead atoms. The molecule has 0 atom stereocenters. The van der Waals surface area contributed by atoms with Crippen molar-refractivity contribution >= 4 is 11.7 Å². The molecule has 5 nitrogen and oxygen atoms in total. The number of aromatic nitrogens is 1. The maximum Gasteiger partial charge on any atom is 0.325 e. The number of allylic oxidation sites excluding steroid dienone is 1. The zero-order valence-corrected chi connectivity index (χ0v) is 13.6. The monoisotopic (exact) mass is 311 g/mol. The molecule has 1 heterocycles. The number of nitrogens with one attached hydrogen (secondary N) is 1. The van der Waals surface area contributed by atoms with Gasteiger partial charge in [0.2, 0.25) is 0 Å². The lowest BCUT2D eigenvalue weighted by Crippen LogP contribution is -2.30. The minimum absolute atomic E-state index is 0.163. The normalized spacial score (nSPS) is 10.6. The molecule has 0 aliphatic rings. The van der Waals surface area contributed by atoms with Crippen LogP contribution in [-0.2, 0) is 0 Å². The summed E-state index contributed by atoms with van der Waals surface area (Å²) in [5.74, 6) is 1.44. The molecule has 2 aromatic rings. The lowest BCUT2D eigenvalue weighted by molar-refractivity contribution is 0.230. The number of hydrogen-bond acceptors (Lipinski definition) is 3. The van der Waals surface area contributed by atoms with Crippen molar-refractivity contribution in [1.82, 2.24) is 9.88 Å². The van der Waals surface area contributed by atoms with Crippen LogP contribution in [0.3, 0.4) is 0 Å². The first kappa shape index (κ1) is 16.5. The third-order valence-corrected chi connectivity index (χ3v) is 3.14. The van der Waals surface area contributed by atoms with E-state index >= 15 is 0 Å². The van der Waals surface area contributed by atoms with E-state index in [4.69, 9.17) is 4.74 Å². The van der Waals surface area contributed by atoms with Crippen LogP contribution in [0.25, 0.3) is 0 Å². The van der Waals surface area contributed by atoms with Gasteiger partial charge in [0.15, 0.2) is 0 Å². The zero-order chi connectivity index (χ0) is 16.7. The van der Waals surface area contributed by atoms with Gasteiger partial charge in [-0.15, -0.1) is 0 Å². The fourth-order valence-electron chi connectivity index (χ4n) is 2.02. The number of carbonyl (C=O) groups excluding carboxylic acids is 1. The molecule has 0 fully saturated rings. The van der Waals surface area contributed by atoms with Crippen molar-refractivity contribution in [3.63, 3.8) is 0 Å². The van der Waals surface area contributed by atoms with E-state index in [1.165, 1.54) is 0 Å². The van der Waals surface area contributed by atoms with Gasteiger partial charge in [-0.05, 0) is 51.1 Å². The lowest BCUT2D eigenvalue weighted by Gasteiger charge is -2.17. The Morgan fingerprint density at radius 1 is 1.26 bits per heavy atom. The lowest BCUT2D eigenvalue weighted by atomic mass is 10.3. The van der Waals surface area contributed by atoms with E-state index in [0.29, 0.717) is 12.3 Å². The Morgan fingerprint density at radius 3 is 2.61 bits per heavy atom. The largest absolute Gasteiger partial charge is 0.457 e. The summed E-state index contributed by atoms with van der Waals surface area (Å²) in [7, 11) is 0. The predicted octanol–water partition coefficient (Wildman–Crippen LogP) is 4.57. The molecular formula is C18H21N3O2. The molecule has 1 aromatic heterocycles. The average Bonchev–Trinajstić information content (AvgIpc) is 2.54. The highest BCUT2D eigenvalue weighted by Gasteiger charge is 2.08. The van der Waals surface area contributed by atoms with Crippen LogP contribution in [0.15, 0.2) is 54.9 Å². The number of amides is 2. The molecule has 1 aromatic carbocycles. The second-order valence-corrected chi connectivity index (χ2v) is 4.96. The Kier molecular flexibility index (Phi) is 5.74. The second-order valence-electron chi connectivity index (χ2n) is 4.96. The van der Waals surface area contributed by atoms with Crippen LogP contribution in [0.4, 0.5) is 10.5 Å². The first-order valence-corrected chi connectivity index (χ1v) is 7.53. The average molecular weight is 311 g/mol. The summed E-state index contributed by atoms with van der Waals surface area (Å²) in [6.07, 6.45) is 5.29. The standard InChI is InChI=1S/C18H21N3O2/c1-4-12-21(5-2)18(22)20-15-6-8-16(9-7-15)23-17-10-11-19-14(3)13-17/h4,6-13H,5H2,1-3H3,(H,20,22). The molecule has 0 saturated heterocycles. The van der Waals surface area contributed by atoms with Crippen molar-refractivity contribution in [2.45, 2.75) is 20.8 Å². The molecule has 2 rings (SSSR count). The number of aryl methyl sites for hydroxylation is 1. The minimum atomic E-state index is -0.163. The molecule has 0 radical (unpaired) electrons. The highest BCUT2D eigenvalue weighted by molar-refractivity contribution is 5.90. The van der Waals surface area contributed by atoms with Crippen molar-refractivity contribution in [2.24, 2.45) is 0 Å². The Morgan fingerprint density at radius 2 is 2.00 bits per heavy atom. The van der Waals surface area contributed by atoms with Crippen LogP contribution >= 0.6 is 0 Å². The predicted molar refractivity (Wildman–Crippen MR) is 91.7 cm³/mol. The molecule has 0 unspecified atom stereocenters. The SMILES string of the molecule is CC=CN(CC)C(=O)Nc1ccc(Oc2ccnc(C)c2)cc1. The number of hydrogen-bond donors (Lipinski definition) is 1.